The Labute approximate surface area is 76.6 Å². The third-order valence-electron chi connectivity index (χ3n) is 1.58. The lowest BCUT2D eigenvalue weighted by Gasteiger charge is -2.07. The van der Waals surface area contributed by atoms with Crippen LogP contribution in [-0.2, 0) is 10.3 Å². The van der Waals surface area contributed by atoms with E-state index in [1.807, 2.05) is 0 Å². The van der Waals surface area contributed by atoms with E-state index in [4.69, 9.17) is 10.5 Å². The van der Waals surface area contributed by atoms with Crippen LogP contribution in [-0.4, -0.2) is 13.3 Å². The third kappa shape index (κ3) is 1.66. The van der Waals surface area contributed by atoms with E-state index in [9.17, 15) is 8.42 Å². The van der Waals surface area contributed by atoms with Crippen molar-refractivity contribution < 1.29 is 8.42 Å². The van der Waals surface area contributed by atoms with Gasteiger partial charge in [-0.1, -0.05) is 6.08 Å². The molecule has 0 fully saturated rings. The molecule has 0 saturated carbocycles. The summed E-state index contributed by atoms with van der Waals surface area (Å²) in [4.78, 5) is -0.0541. The van der Waals surface area contributed by atoms with Gasteiger partial charge in [-0.15, -0.1) is 0 Å². The highest BCUT2D eigenvalue weighted by atomic mass is 32.2. The van der Waals surface area contributed by atoms with E-state index in [0.29, 0.717) is 0 Å². The molecule has 1 aliphatic carbocycles. The first kappa shape index (κ1) is 9.24. The average molecular weight is 192 g/mol. The molecule has 0 aromatic carbocycles. The summed E-state index contributed by atoms with van der Waals surface area (Å²) in [6, 6.07) is 3.55. The molecular weight excluding hydrogens is 188 g/mol. The summed E-state index contributed by atoms with van der Waals surface area (Å²) in [5.74, 6) is -0.951. The highest BCUT2D eigenvalue weighted by Gasteiger charge is 2.21. The molecule has 0 radical (unpaired) electrons. The summed E-state index contributed by atoms with van der Waals surface area (Å²) in [7, 11) is -2.44. The van der Waals surface area contributed by atoms with Gasteiger partial charge in [0.25, 0.3) is 0 Å². The molecule has 0 aromatic rings. The second kappa shape index (κ2) is 3.70. The molecule has 4 nitrogen and oxygen atoms in total. The normalized spacial score (nSPS) is 20.0. The predicted molar refractivity (Wildman–Crippen MR) is 45.9 cm³/mol. The second-order valence-electron chi connectivity index (χ2n) is 2.29. The number of allylic oxidation sites excluding steroid dienone is 4. The summed E-state index contributed by atoms with van der Waals surface area (Å²) < 4.78 is 21.2. The molecule has 0 heterocycles. The molecule has 0 N–H and O–H groups in total. The van der Waals surface area contributed by atoms with Crippen LogP contribution in [0.3, 0.4) is 0 Å². The van der Waals surface area contributed by atoms with E-state index in [-0.39, 0.29) is 10.4 Å². The fourth-order valence-corrected chi connectivity index (χ4v) is 1.54. The van der Waals surface area contributed by atoms with Crippen molar-refractivity contribution in [2.24, 2.45) is 5.92 Å². The largest absolute Gasteiger partial charge is 0.219 e. The summed E-state index contributed by atoms with van der Waals surface area (Å²) in [5, 5.41) is 17.2. The molecule has 1 unspecified atom stereocenters. The first-order valence-corrected chi connectivity index (χ1v) is 4.42. The van der Waals surface area contributed by atoms with Crippen molar-refractivity contribution in [2.45, 2.75) is 0 Å². The van der Waals surface area contributed by atoms with Crippen LogP contribution < -0.4 is 0 Å². The number of hydrogen-bond donors (Lipinski definition) is 0. The molecule has 0 amide bonds. The minimum Gasteiger partial charge on any atom is -0.197 e. The van der Waals surface area contributed by atoms with Crippen LogP contribution in [0, 0.1) is 28.6 Å². The van der Waals surface area contributed by atoms with E-state index >= 15 is 0 Å². The van der Waals surface area contributed by atoms with Gasteiger partial charge in [0, 0.05) is 0 Å². The maximum atomic E-state index is 10.6. The number of nitriles is 2. The lowest BCUT2D eigenvalue weighted by molar-refractivity contribution is 0.626. The van der Waals surface area contributed by atoms with Gasteiger partial charge in [-0.3, -0.25) is 0 Å². The number of hydrogen-bond acceptors (Lipinski definition) is 4. The van der Waals surface area contributed by atoms with Crippen molar-refractivity contribution in [3.63, 3.8) is 0 Å². The zero-order valence-corrected chi connectivity index (χ0v) is 7.25. The van der Waals surface area contributed by atoms with Crippen molar-refractivity contribution in [3.8, 4) is 12.1 Å². The highest BCUT2D eigenvalue weighted by Crippen LogP contribution is 2.16. The average Bonchev–Trinajstić information content (AvgIpc) is 2.16. The van der Waals surface area contributed by atoms with Gasteiger partial charge in [0.2, 0.25) is 10.3 Å². The zero-order chi connectivity index (χ0) is 9.84. The Hall–Kier alpha value is -1.85. The van der Waals surface area contributed by atoms with E-state index in [2.05, 4.69) is 0 Å². The van der Waals surface area contributed by atoms with Gasteiger partial charge in [0.1, 0.15) is 5.92 Å². The molecule has 13 heavy (non-hydrogen) atoms. The summed E-state index contributed by atoms with van der Waals surface area (Å²) in [6.45, 7) is 0. The SMILES string of the molecule is N#CC1=CC=CC(=S(=O)=O)C1C#N. The van der Waals surface area contributed by atoms with Gasteiger partial charge in [0.15, 0.2) is 0 Å². The maximum absolute atomic E-state index is 10.6. The number of rotatable bonds is 0. The molecule has 1 aliphatic rings. The quantitative estimate of drug-likeness (QED) is 0.513. The smallest absolute Gasteiger partial charge is 0.197 e. The van der Waals surface area contributed by atoms with Crippen LogP contribution in [0.25, 0.3) is 0 Å². The fraction of sp³-hybridized carbons (Fsp3) is 0.125. The molecule has 0 bridgehead atoms. The highest BCUT2D eigenvalue weighted by molar-refractivity contribution is 7.73. The van der Waals surface area contributed by atoms with Gasteiger partial charge >= 0.3 is 0 Å². The van der Waals surface area contributed by atoms with Crippen LogP contribution in [0.1, 0.15) is 0 Å². The minimum atomic E-state index is -2.44. The topological polar surface area (TPSA) is 81.7 Å². The Balaban J connectivity index is 3.36. The van der Waals surface area contributed by atoms with E-state index in [1.54, 1.807) is 12.1 Å². The Morgan fingerprint density at radius 1 is 1.38 bits per heavy atom. The van der Waals surface area contributed by atoms with Gasteiger partial charge < -0.3 is 0 Å². The Morgan fingerprint density at radius 2 is 2.08 bits per heavy atom. The third-order valence-corrected chi connectivity index (χ3v) is 2.34. The monoisotopic (exact) mass is 192 g/mol. The molecular formula is C8H4N2O2S. The molecule has 64 valence electrons. The minimum absolute atomic E-state index is 0.0541. The lowest BCUT2D eigenvalue weighted by atomic mass is 9.94. The van der Waals surface area contributed by atoms with Crippen molar-refractivity contribution in [1.82, 2.24) is 0 Å². The molecule has 0 aliphatic heterocycles. The van der Waals surface area contributed by atoms with Crippen molar-refractivity contribution >= 4 is 15.2 Å². The predicted octanol–water partition coefficient (Wildman–Crippen LogP) is 0.197. The summed E-state index contributed by atoms with van der Waals surface area (Å²) in [5.41, 5.74) is 0.157. The Morgan fingerprint density at radius 3 is 2.54 bits per heavy atom. The Bertz CT molecular complexity index is 489. The maximum Gasteiger partial charge on any atom is 0.219 e. The second-order valence-corrected chi connectivity index (χ2v) is 3.23. The zero-order valence-electron chi connectivity index (χ0n) is 6.43. The molecule has 5 heteroatoms. The van der Waals surface area contributed by atoms with Crippen LogP contribution in [0.4, 0.5) is 0 Å². The summed E-state index contributed by atoms with van der Waals surface area (Å²) in [6.07, 6.45) is 4.19. The van der Waals surface area contributed by atoms with Crippen LogP contribution in [0.15, 0.2) is 23.8 Å². The van der Waals surface area contributed by atoms with Crippen LogP contribution in [0.5, 0.6) is 0 Å². The van der Waals surface area contributed by atoms with Crippen molar-refractivity contribution in [2.75, 3.05) is 0 Å². The molecule has 0 aromatic heterocycles. The van der Waals surface area contributed by atoms with Gasteiger partial charge in [-0.25, -0.2) is 0 Å². The van der Waals surface area contributed by atoms with E-state index in [0.717, 1.165) is 0 Å². The lowest BCUT2D eigenvalue weighted by Crippen LogP contribution is -2.15. The van der Waals surface area contributed by atoms with Gasteiger partial charge in [-0.2, -0.15) is 18.9 Å². The van der Waals surface area contributed by atoms with Crippen molar-refractivity contribution in [1.29, 1.82) is 10.5 Å². The van der Waals surface area contributed by atoms with Gasteiger partial charge in [0.05, 0.1) is 22.6 Å². The standard InChI is InChI=1S/C8H4N2O2S/c9-4-6-2-1-3-8(13(11)12)7(6)5-10/h1-3,7H. The van der Waals surface area contributed by atoms with Crippen LogP contribution >= 0.6 is 0 Å². The Kier molecular flexibility index (Phi) is 2.63. The molecule has 0 saturated heterocycles. The fourth-order valence-electron chi connectivity index (χ4n) is 0.979. The first-order valence-electron chi connectivity index (χ1n) is 3.34. The van der Waals surface area contributed by atoms with Crippen LogP contribution in [0.2, 0.25) is 0 Å². The molecule has 1 rings (SSSR count). The van der Waals surface area contributed by atoms with E-state index < -0.39 is 16.2 Å². The first-order chi connectivity index (χ1) is 6.20. The van der Waals surface area contributed by atoms with Crippen molar-refractivity contribution in [3.05, 3.63) is 23.8 Å². The number of nitrogens with zero attached hydrogens (tertiary/aromatic N) is 2. The molecule has 0 spiro atoms. The van der Waals surface area contributed by atoms with E-state index in [1.165, 1.54) is 18.2 Å². The molecule has 1 atom stereocenters. The van der Waals surface area contributed by atoms with Gasteiger partial charge in [-0.05, 0) is 12.2 Å². The summed E-state index contributed by atoms with van der Waals surface area (Å²) >= 11 is 0.